The topological polar surface area (TPSA) is 98.7 Å². The summed E-state index contributed by atoms with van der Waals surface area (Å²) in [6, 6.07) is 9.79. The minimum Gasteiger partial charge on any atom is -0.294 e. The second-order valence-corrected chi connectivity index (χ2v) is 5.50. The lowest BCUT2D eigenvalue weighted by atomic mass is 10.2. The number of carbonyl (C=O) groups excluding carboxylic acids is 1. The Morgan fingerprint density at radius 2 is 2.05 bits per heavy atom. The predicted octanol–water partition coefficient (Wildman–Crippen LogP) is 1.30. The first kappa shape index (κ1) is 15.5. The summed E-state index contributed by atoms with van der Waals surface area (Å²) < 4.78 is 1.73. The molecule has 0 saturated heterocycles. The van der Waals surface area contributed by atoms with Gasteiger partial charge in [0.1, 0.15) is 0 Å². The third-order valence-corrected chi connectivity index (χ3v) is 3.89. The molecule has 1 aromatic carbocycles. The Morgan fingerprint density at radius 1 is 1.24 bits per heavy atom. The molecule has 8 heteroatoms. The molecule has 0 fully saturated rings. The summed E-state index contributed by atoms with van der Waals surface area (Å²) in [5.74, 6) is 5.82. The molecule has 21 heavy (non-hydrogen) atoms. The Kier molecular flexibility index (Phi) is 6.17. The summed E-state index contributed by atoms with van der Waals surface area (Å²) in [4.78, 5) is 11.0. The first-order valence-electron chi connectivity index (χ1n) is 6.77. The molecule has 2 aromatic rings. The lowest BCUT2D eigenvalue weighted by Gasteiger charge is -2.04. The highest BCUT2D eigenvalue weighted by Gasteiger charge is 2.08. The maximum Gasteiger partial charge on any atom is 0.233 e. The highest BCUT2D eigenvalue weighted by molar-refractivity contribution is 7.99. The number of hydrogen-bond donors (Lipinski definition) is 2. The molecule has 1 heterocycles. The van der Waals surface area contributed by atoms with Crippen LogP contribution in [0.2, 0.25) is 0 Å². The number of para-hydroxylation sites is 1. The number of unbranched alkanes of at least 4 members (excludes halogenated alkanes) is 2. The average molecular weight is 306 g/mol. The lowest BCUT2D eigenvalue weighted by molar-refractivity contribution is -0.121. The van der Waals surface area contributed by atoms with Crippen LogP contribution in [0.5, 0.6) is 0 Å². The molecule has 0 aliphatic rings. The second-order valence-electron chi connectivity index (χ2n) is 4.44. The zero-order valence-corrected chi connectivity index (χ0v) is 12.4. The normalized spacial score (nSPS) is 10.5. The maximum absolute atomic E-state index is 11.0. The first-order valence-corrected chi connectivity index (χ1v) is 7.76. The summed E-state index contributed by atoms with van der Waals surface area (Å²) in [7, 11) is 0. The van der Waals surface area contributed by atoms with Gasteiger partial charge >= 0.3 is 0 Å². The average Bonchev–Trinajstić information content (AvgIpc) is 2.99. The summed E-state index contributed by atoms with van der Waals surface area (Å²) in [6.07, 6.45) is 3.30. The van der Waals surface area contributed by atoms with E-state index >= 15 is 0 Å². The molecule has 7 nitrogen and oxygen atoms in total. The number of amides is 1. The largest absolute Gasteiger partial charge is 0.294 e. The third-order valence-electron chi connectivity index (χ3n) is 2.88. The summed E-state index contributed by atoms with van der Waals surface area (Å²) in [5.41, 5.74) is 3.08. The molecule has 1 amide bonds. The molecule has 0 bridgehead atoms. The van der Waals surface area contributed by atoms with E-state index in [9.17, 15) is 4.79 Å². The van der Waals surface area contributed by atoms with Crippen LogP contribution in [0.1, 0.15) is 25.7 Å². The molecule has 112 valence electrons. The van der Waals surface area contributed by atoms with Gasteiger partial charge < -0.3 is 0 Å². The number of nitrogens with one attached hydrogen (secondary N) is 1. The number of nitrogens with zero attached hydrogens (tertiary/aromatic N) is 4. The van der Waals surface area contributed by atoms with E-state index in [2.05, 4.69) is 21.0 Å². The van der Waals surface area contributed by atoms with Gasteiger partial charge in [-0.15, -0.1) is 5.10 Å². The van der Waals surface area contributed by atoms with E-state index in [1.807, 2.05) is 30.3 Å². The molecule has 0 saturated carbocycles. The Bertz CT molecular complexity index is 559. The number of hydrazine groups is 1. The standard InChI is InChI=1S/C13H18N6OS/c14-15-12(20)9-5-2-6-10-21-13-16-17-18-19(13)11-7-3-1-4-8-11/h1,3-4,7-8H,2,5-6,9-10,14H2,(H,15,20). The van der Waals surface area contributed by atoms with Gasteiger partial charge in [-0.2, -0.15) is 4.68 Å². The Labute approximate surface area is 127 Å². The van der Waals surface area contributed by atoms with E-state index < -0.39 is 0 Å². The van der Waals surface area contributed by atoms with Crippen LogP contribution in [-0.2, 0) is 4.79 Å². The molecule has 0 spiro atoms. The molecular formula is C13H18N6OS. The number of tetrazole rings is 1. The van der Waals surface area contributed by atoms with E-state index in [1.165, 1.54) is 0 Å². The monoisotopic (exact) mass is 306 g/mol. The van der Waals surface area contributed by atoms with Crippen LogP contribution in [0.3, 0.4) is 0 Å². The van der Waals surface area contributed by atoms with Gasteiger partial charge in [0.05, 0.1) is 5.69 Å². The van der Waals surface area contributed by atoms with Gasteiger partial charge in [-0.25, -0.2) is 5.84 Å². The zero-order valence-electron chi connectivity index (χ0n) is 11.6. The number of benzene rings is 1. The van der Waals surface area contributed by atoms with Crippen LogP contribution >= 0.6 is 11.8 Å². The predicted molar refractivity (Wildman–Crippen MR) is 80.7 cm³/mol. The van der Waals surface area contributed by atoms with Crippen LogP contribution < -0.4 is 11.3 Å². The van der Waals surface area contributed by atoms with E-state index in [-0.39, 0.29) is 5.91 Å². The fourth-order valence-corrected chi connectivity index (χ4v) is 2.69. The SMILES string of the molecule is NNC(=O)CCCCCSc1nnnn1-c1ccccc1. The number of rotatable bonds is 8. The second kappa shape index (κ2) is 8.38. The highest BCUT2D eigenvalue weighted by atomic mass is 32.2. The quantitative estimate of drug-likeness (QED) is 0.251. The number of hydrogen-bond acceptors (Lipinski definition) is 6. The van der Waals surface area contributed by atoms with Crippen LogP contribution in [0.25, 0.3) is 5.69 Å². The smallest absolute Gasteiger partial charge is 0.233 e. The minimum atomic E-state index is -0.115. The van der Waals surface area contributed by atoms with Gasteiger partial charge in [0.2, 0.25) is 11.1 Å². The highest BCUT2D eigenvalue weighted by Crippen LogP contribution is 2.19. The summed E-state index contributed by atoms with van der Waals surface area (Å²) >= 11 is 1.61. The molecule has 0 aliphatic heterocycles. The van der Waals surface area contributed by atoms with Crippen molar-refractivity contribution in [3.8, 4) is 5.69 Å². The lowest BCUT2D eigenvalue weighted by Crippen LogP contribution is -2.29. The third kappa shape index (κ3) is 4.83. The van der Waals surface area contributed by atoms with Crippen molar-refractivity contribution in [1.82, 2.24) is 25.6 Å². The maximum atomic E-state index is 11.0. The van der Waals surface area contributed by atoms with Crippen molar-refractivity contribution in [1.29, 1.82) is 0 Å². The van der Waals surface area contributed by atoms with Crippen molar-refractivity contribution in [2.45, 2.75) is 30.8 Å². The molecule has 3 N–H and O–H groups in total. The molecule has 1 aromatic heterocycles. The Balaban J connectivity index is 1.75. The number of aromatic nitrogens is 4. The molecule has 2 rings (SSSR count). The summed E-state index contributed by atoms with van der Waals surface area (Å²) in [5, 5.41) is 12.5. The van der Waals surface area contributed by atoms with Crippen LogP contribution in [0, 0.1) is 0 Å². The van der Waals surface area contributed by atoms with E-state index in [0.29, 0.717) is 6.42 Å². The number of thioether (sulfide) groups is 1. The van der Waals surface area contributed by atoms with Crippen LogP contribution in [-0.4, -0.2) is 31.9 Å². The Hall–Kier alpha value is -1.93. The Morgan fingerprint density at radius 3 is 2.81 bits per heavy atom. The van der Waals surface area contributed by atoms with Crippen molar-refractivity contribution >= 4 is 17.7 Å². The van der Waals surface area contributed by atoms with Gasteiger partial charge in [0, 0.05) is 12.2 Å². The first-order chi connectivity index (χ1) is 10.3. The molecular weight excluding hydrogens is 288 g/mol. The number of nitrogens with two attached hydrogens (primary N) is 1. The molecule has 0 radical (unpaired) electrons. The zero-order chi connectivity index (χ0) is 14.9. The summed E-state index contributed by atoms with van der Waals surface area (Å²) in [6.45, 7) is 0. The molecule has 0 aliphatic carbocycles. The van der Waals surface area contributed by atoms with Crippen molar-refractivity contribution < 1.29 is 4.79 Å². The minimum absolute atomic E-state index is 0.115. The van der Waals surface area contributed by atoms with Gasteiger partial charge in [-0.3, -0.25) is 10.2 Å². The van der Waals surface area contributed by atoms with Crippen molar-refractivity contribution in [3.05, 3.63) is 30.3 Å². The van der Waals surface area contributed by atoms with Crippen molar-refractivity contribution in [3.63, 3.8) is 0 Å². The van der Waals surface area contributed by atoms with Crippen molar-refractivity contribution in [2.75, 3.05) is 5.75 Å². The number of carbonyl (C=O) groups is 1. The van der Waals surface area contributed by atoms with E-state index in [0.717, 1.165) is 35.9 Å². The van der Waals surface area contributed by atoms with Gasteiger partial charge in [0.25, 0.3) is 0 Å². The van der Waals surface area contributed by atoms with E-state index in [4.69, 9.17) is 5.84 Å². The molecule has 0 unspecified atom stereocenters. The van der Waals surface area contributed by atoms with Crippen LogP contribution in [0.4, 0.5) is 0 Å². The fraction of sp³-hybridized carbons (Fsp3) is 0.385. The van der Waals surface area contributed by atoms with Gasteiger partial charge in [-0.05, 0) is 35.4 Å². The van der Waals surface area contributed by atoms with Gasteiger partial charge in [-0.1, -0.05) is 36.4 Å². The van der Waals surface area contributed by atoms with E-state index in [1.54, 1.807) is 16.4 Å². The van der Waals surface area contributed by atoms with Gasteiger partial charge in [0.15, 0.2) is 0 Å². The molecule has 0 atom stereocenters. The fourth-order valence-electron chi connectivity index (χ4n) is 1.80. The van der Waals surface area contributed by atoms with Crippen molar-refractivity contribution in [2.24, 2.45) is 5.84 Å². The van der Waals surface area contributed by atoms with Crippen LogP contribution in [0.15, 0.2) is 35.5 Å².